The molecule has 0 radical (unpaired) electrons. The molecule has 0 aromatic rings. The Labute approximate surface area is 66.1 Å². The maximum Gasteiger partial charge on any atom is 0.279 e. The maximum atomic E-state index is 10.3. The first-order valence-electron chi connectivity index (χ1n) is 3.40. The Bertz CT molecular complexity index is 222. The molecule has 1 rings (SSSR count). The minimum Gasteiger partial charge on any atom is -0.285 e. The predicted molar refractivity (Wildman–Crippen MR) is 40.3 cm³/mol. The SMILES string of the molecule is CN(CS(=O)(=O)O)NC1CC1. The quantitative estimate of drug-likeness (QED) is 0.448. The molecule has 0 aromatic heterocycles. The minimum atomic E-state index is -3.88. The Kier molecular flexibility index (Phi) is 2.48. The van der Waals surface area contributed by atoms with Crippen LogP contribution in [0.5, 0.6) is 0 Å². The van der Waals surface area contributed by atoms with Crippen molar-refractivity contribution in [1.82, 2.24) is 10.4 Å². The molecule has 0 aromatic carbocycles. The third-order valence-corrected chi connectivity index (χ3v) is 2.05. The van der Waals surface area contributed by atoms with Crippen LogP contribution in [0, 0.1) is 0 Å². The van der Waals surface area contributed by atoms with E-state index in [0.717, 1.165) is 12.8 Å². The van der Waals surface area contributed by atoms with Crippen LogP contribution in [-0.2, 0) is 10.1 Å². The van der Waals surface area contributed by atoms with Gasteiger partial charge in [-0.15, -0.1) is 0 Å². The highest BCUT2D eigenvalue weighted by Crippen LogP contribution is 2.18. The molecule has 1 fully saturated rings. The van der Waals surface area contributed by atoms with Crippen molar-refractivity contribution in [2.45, 2.75) is 18.9 Å². The van der Waals surface area contributed by atoms with Crippen molar-refractivity contribution in [3.63, 3.8) is 0 Å². The molecule has 1 aliphatic carbocycles. The van der Waals surface area contributed by atoms with E-state index in [-0.39, 0.29) is 5.88 Å². The molecule has 0 bridgehead atoms. The summed E-state index contributed by atoms with van der Waals surface area (Å²) in [6, 6.07) is 0.404. The van der Waals surface area contributed by atoms with Crippen molar-refractivity contribution in [3.05, 3.63) is 0 Å². The van der Waals surface area contributed by atoms with E-state index in [1.165, 1.54) is 5.01 Å². The zero-order valence-electron chi connectivity index (χ0n) is 6.32. The molecule has 0 spiro atoms. The minimum absolute atomic E-state index is 0.358. The van der Waals surface area contributed by atoms with Gasteiger partial charge in [0.15, 0.2) is 0 Å². The van der Waals surface area contributed by atoms with E-state index in [0.29, 0.717) is 6.04 Å². The Hall–Kier alpha value is -0.170. The van der Waals surface area contributed by atoms with Gasteiger partial charge in [-0.2, -0.15) is 8.42 Å². The first-order valence-corrected chi connectivity index (χ1v) is 5.01. The van der Waals surface area contributed by atoms with Crippen LogP contribution < -0.4 is 5.43 Å². The summed E-state index contributed by atoms with van der Waals surface area (Å²) in [6.07, 6.45) is 2.16. The van der Waals surface area contributed by atoms with Crippen LogP contribution in [0.4, 0.5) is 0 Å². The van der Waals surface area contributed by atoms with Crippen LogP contribution in [0.15, 0.2) is 0 Å². The fourth-order valence-electron chi connectivity index (χ4n) is 0.806. The number of hydrogen-bond donors (Lipinski definition) is 2. The van der Waals surface area contributed by atoms with E-state index in [2.05, 4.69) is 5.43 Å². The van der Waals surface area contributed by atoms with Gasteiger partial charge in [0.2, 0.25) is 0 Å². The van der Waals surface area contributed by atoms with Gasteiger partial charge in [-0.05, 0) is 12.8 Å². The fourth-order valence-corrected chi connectivity index (χ4v) is 1.37. The van der Waals surface area contributed by atoms with Gasteiger partial charge >= 0.3 is 0 Å². The average Bonchev–Trinajstić information content (AvgIpc) is 2.42. The zero-order chi connectivity index (χ0) is 8.48. The Balaban J connectivity index is 2.24. The van der Waals surface area contributed by atoms with Gasteiger partial charge < -0.3 is 0 Å². The molecule has 5 nitrogen and oxygen atoms in total. The molecule has 66 valence electrons. The average molecular weight is 180 g/mol. The lowest BCUT2D eigenvalue weighted by atomic mass is 10.7. The number of hydrazine groups is 1. The molecule has 2 N–H and O–H groups in total. The largest absolute Gasteiger partial charge is 0.285 e. The molecule has 0 heterocycles. The van der Waals surface area contributed by atoms with Gasteiger partial charge in [0.25, 0.3) is 10.1 Å². The molecule has 0 saturated heterocycles. The number of rotatable bonds is 4. The van der Waals surface area contributed by atoms with Crippen molar-refractivity contribution >= 4 is 10.1 Å². The molecule has 0 unspecified atom stereocenters. The molecule has 1 saturated carbocycles. The topological polar surface area (TPSA) is 69.6 Å². The van der Waals surface area contributed by atoms with Gasteiger partial charge in [0.1, 0.15) is 5.88 Å². The highest BCUT2D eigenvalue weighted by Gasteiger charge is 2.23. The van der Waals surface area contributed by atoms with Crippen LogP contribution in [-0.4, -0.2) is 36.9 Å². The normalized spacial score (nSPS) is 19.2. The van der Waals surface area contributed by atoms with Crippen molar-refractivity contribution in [2.75, 3.05) is 12.9 Å². The third-order valence-electron chi connectivity index (χ3n) is 1.34. The van der Waals surface area contributed by atoms with Crippen molar-refractivity contribution in [3.8, 4) is 0 Å². The summed E-state index contributed by atoms with van der Waals surface area (Å²) in [4.78, 5) is 0. The molecule has 1 aliphatic rings. The molecular formula is C5H12N2O3S. The van der Waals surface area contributed by atoms with Gasteiger partial charge in [-0.25, -0.2) is 5.01 Å². The second-order valence-corrected chi connectivity index (χ2v) is 4.23. The van der Waals surface area contributed by atoms with Gasteiger partial charge in [0, 0.05) is 13.1 Å². The number of hydrogen-bond acceptors (Lipinski definition) is 4. The van der Waals surface area contributed by atoms with E-state index < -0.39 is 10.1 Å². The lowest BCUT2D eigenvalue weighted by molar-refractivity contribution is 0.259. The predicted octanol–water partition coefficient (Wildman–Crippen LogP) is -0.569. The molecule has 6 heteroatoms. The second kappa shape index (κ2) is 3.06. The second-order valence-electron chi connectivity index (χ2n) is 2.81. The smallest absolute Gasteiger partial charge is 0.279 e. The van der Waals surface area contributed by atoms with E-state index in [1.54, 1.807) is 7.05 Å². The lowest BCUT2D eigenvalue weighted by Crippen LogP contribution is -2.39. The van der Waals surface area contributed by atoms with E-state index in [1.807, 2.05) is 0 Å². The van der Waals surface area contributed by atoms with E-state index >= 15 is 0 Å². The summed E-state index contributed by atoms with van der Waals surface area (Å²) in [5.41, 5.74) is 2.90. The van der Waals surface area contributed by atoms with Crippen LogP contribution >= 0.6 is 0 Å². The van der Waals surface area contributed by atoms with Gasteiger partial charge in [-0.3, -0.25) is 9.98 Å². The first kappa shape index (κ1) is 8.92. The maximum absolute atomic E-state index is 10.3. The molecule has 0 aliphatic heterocycles. The summed E-state index contributed by atoms with van der Waals surface area (Å²) in [7, 11) is -2.29. The summed E-state index contributed by atoms with van der Waals surface area (Å²) in [6.45, 7) is 0. The van der Waals surface area contributed by atoms with Crippen LogP contribution in [0.25, 0.3) is 0 Å². The van der Waals surface area contributed by atoms with Gasteiger partial charge in [0.05, 0.1) is 0 Å². The fraction of sp³-hybridized carbons (Fsp3) is 1.00. The summed E-state index contributed by atoms with van der Waals surface area (Å²) < 4.78 is 29.0. The number of nitrogens with zero attached hydrogens (tertiary/aromatic N) is 1. The Morgan fingerprint density at radius 1 is 1.64 bits per heavy atom. The molecule has 0 amide bonds. The lowest BCUT2D eigenvalue weighted by Gasteiger charge is -2.14. The van der Waals surface area contributed by atoms with Crippen molar-refractivity contribution in [2.24, 2.45) is 0 Å². The zero-order valence-corrected chi connectivity index (χ0v) is 7.13. The summed E-state index contributed by atoms with van der Waals surface area (Å²) in [5.74, 6) is -0.358. The van der Waals surface area contributed by atoms with Crippen LogP contribution in [0.3, 0.4) is 0 Å². The number of nitrogens with one attached hydrogen (secondary N) is 1. The molecular weight excluding hydrogens is 168 g/mol. The highest BCUT2D eigenvalue weighted by molar-refractivity contribution is 7.85. The Morgan fingerprint density at radius 3 is 2.55 bits per heavy atom. The third kappa shape index (κ3) is 4.31. The monoisotopic (exact) mass is 180 g/mol. The van der Waals surface area contributed by atoms with E-state index in [4.69, 9.17) is 4.55 Å². The van der Waals surface area contributed by atoms with Gasteiger partial charge in [-0.1, -0.05) is 0 Å². The molecule has 0 atom stereocenters. The first-order chi connectivity index (χ1) is 4.97. The molecule has 11 heavy (non-hydrogen) atoms. The van der Waals surface area contributed by atoms with Crippen molar-refractivity contribution < 1.29 is 13.0 Å². The summed E-state index contributed by atoms with van der Waals surface area (Å²) in [5, 5.41) is 1.38. The van der Waals surface area contributed by atoms with Crippen molar-refractivity contribution in [1.29, 1.82) is 0 Å². The highest BCUT2D eigenvalue weighted by atomic mass is 32.2. The van der Waals surface area contributed by atoms with E-state index in [9.17, 15) is 8.42 Å². The standard InChI is InChI=1S/C5H12N2O3S/c1-7(4-11(8,9)10)6-5-2-3-5/h5-6H,2-4H2,1H3,(H,8,9,10). The summed E-state index contributed by atoms with van der Waals surface area (Å²) >= 11 is 0. The van der Waals surface area contributed by atoms with Crippen LogP contribution in [0.1, 0.15) is 12.8 Å². The Morgan fingerprint density at radius 2 is 2.18 bits per heavy atom. The van der Waals surface area contributed by atoms with Crippen LogP contribution in [0.2, 0.25) is 0 Å².